The molecule has 0 aromatic heterocycles. The third-order valence-electron chi connectivity index (χ3n) is 0.876. The highest BCUT2D eigenvalue weighted by Gasteiger charge is 2.62. The third kappa shape index (κ3) is 0.809. The molecule has 1 fully saturated rings. The van der Waals surface area contributed by atoms with E-state index in [2.05, 4.69) is 9.47 Å². The predicted octanol–water partition coefficient (Wildman–Crippen LogP) is -2.57. The molecular formula is C3H4O7. The quantitative estimate of drug-likeness (QED) is 0.222. The van der Waals surface area contributed by atoms with Gasteiger partial charge in [0.05, 0.1) is 0 Å². The summed E-state index contributed by atoms with van der Waals surface area (Å²) < 4.78 is 7.03. The van der Waals surface area contributed by atoms with Crippen molar-refractivity contribution < 1.29 is 34.7 Å². The number of carbonyl (C=O) groups excluding carboxylic acids is 1. The first kappa shape index (κ1) is 7.22. The Hall–Kier alpha value is -0.890. The van der Waals surface area contributed by atoms with E-state index in [0.717, 1.165) is 0 Å². The molecule has 0 amide bonds. The van der Waals surface area contributed by atoms with E-state index in [1.807, 2.05) is 0 Å². The largest absolute Gasteiger partial charge is 0.517 e. The molecule has 10 heavy (non-hydrogen) atoms. The van der Waals surface area contributed by atoms with Crippen LogP contribution in [0, 0.1) is 0 Å². The minimum atomic E-state index is -3.40. The maximum Gasteiger partial charge on any atom is 0.517 e. The normalized spacial score (nSPS) is 27.4. The van der Waals surface area contributed by atoms with E-state index in [4.69, 9.17) is 20.4 Å². The topological polar surface area (TPSA) is 116 Å². The van der Waals surface area contributed by atoms with Crippen molar-refractivity contribution in [3.63, 3.8) is 0 Å². The van der Waals surface area contributed by atoms with Crippen molar-refractivity contribution in [1.82, 2.24) is 0 Å². The summed E-state index contributed by atoms with van der Waals surface area (Å²) in [5.74, 6) is -6.80. The van der Waals surface area contributed by atoms with Crippen LogP contribution >= 0.6 is 0 Å². The van der Waals surface area contributed by atoms with Gasteiger partial charge in [-0.15, -0.1) is 0 Å². The lowest BCUT2D eigenvalue weighted by atomic mass is 10.5. The molecule has 0 aromatic carbocycles. The molecule has 4 N–H and O–H groups in total. The second kappa shape index (κ2) is 1.58. The summed E-state index contributed by atoms with van der Waals surface area (Å²) in [6, 6.07) is 0. The molecule has 0 radical (unpaired) electrons. The SMILES string of the molecule is O=C1OC(O)(O)C(O)(O)O1. The van der Waals surface area contributed by atoms with E-state index in [1.54, 1.807) is 0 Å². The second-order valence-corrected chi connectivity index (χ2v) is 1.67. The van der Waals surface area contributed by atoms with Gasteiger partial charge in [0, 0.05) is 0 Å². The van der Waals surface area contributed by atoms with Crippen LogP contribution < -0.4 is 0 Å². The molecule has 1 aliphatic heterocycles. The average Bonchev–Trinajstić information content (AvgIpc) is 1.73. The van der Waals surface area contributed by atoms with Crippen molar-refractivity contribution in [2.24, 2.45) is 0 Å². The summed E-state index contributed by atoms with van der Waals surface area (Å²) in [5.41, 5.74) is 0. The number of aliphatic hydroxyl groups is 4. The van der Waals surface area contributed by atoms with E-state index < -0.39 is 18.1 Å². The number of rotatable bonds is 0. The molecule has 7 heteroatoms. The molecule has 1 aliphatic rings. The zero-order chi connectivity index (χ0) is 7.99. The molecule has 0 bridgehead atoms. The molecule has 0 aromatic rings. The molecule has 1 saturated heterocycles. The van der Waals surface area contributed by atoms with Crippen LogP contribution in [-0.4, -0.2) is 38.5 Å². The molecule has 0 spiro atoms. The predicted molar refractivity (Wildman–Crippen MR) is 21.9 cm³/mol. The van der Waals surface area contributed by atoms with Crippen molar-refractivity contribution in [3.8, 4) is 0 Å². The van der Waals surface area contributed by atoms with Gasteiger partial charge < -0.3 is 29.9 Å². The maximum absolute atomic E-state index is 9.99. The lowest BCUT2D eigenvalue weighted by Crippen LogP contribution is -2.51. The molecule has 1 rings (SSSR count). The van der Waals surface area contributed by atoms with Gasteiger partial charge in [-0.3, -0.25) is 0 Å². The molecule has 0 aliphatic carbocycles. The Bertz CT molecular complexity index is 152. The van der Waals surface area contributed by atoms with Gasteiger partial charge >= 0.3 is 18.1 Å². The Balaban J connectivity index is 2.88. The fourth-order valence-corrected chi connectivity index (χ4v) is 0.386. The van der Waals surface area contributed by atoms with Gasteiger partial charge in [-0.1, -0.05) is 0 Å². The first-order valence-electron chi connectivity index (χ1n) is 2.17. The number of ether oxygens (including phenoxy) is 2. The van der Waals surface area contributed by atoms with Gasteiger partial charge in [0.25, 0.3) is 0 Å². The van der Waals surface area contributed by atoms with Crippen LogP contribution in [0.4, 0.5) is 4.79 Å². The third-order valence-corrected chi connectivity index (χ3v) is 0.876. The highest BCUT2D eigenvalue weighted by atomic mass is 17.0. The lowest BCUT2D eigenvalue weighted by Gasteiger charge is -2.19. The Morgan fingerprint density at radius 2 is 1.30 bits per heavy atom. The van der Waals surface area contributed by atoms with Crippen molar-refractivity contribution in [2.45, 2.75) is 11.9 Å². The van der Waals surface area contributed by atoms with Crippen molar-refractivity contribution >= 4 is 6.16 Å². The van der Waals surface area contributed by atoms with Crippen LogP contribution in [0.15, 0.2) is 0 Å². The first-order chi connectivity index (χ1) is 4.35. The van der Waals surface area contributed by atoms with E-state index in [-0.39, 0.29) is 0 Å². The summed E-state index contributed by atoms with van der Waals surface area (Å²) in [4.78, 5) is 9.99. The maximum atomic E-state index is 9.99. The number of carbonyl (C=O) groups is 1. The van der Waals surface area contributed by atoms with Crippen molar-refractivity contribution in [2.75, 3.05) is 0 Å². The minimum absolute atomic E-state index is 1.57. The van der Waals surface area contributed by atoms with Crippen LogP contribution in [-0.2, 0) is 9.47 Å². The Morgan fingerprint density at radius 1 is 1.00 bits per heavy atom. The zero-order valence-electron chi connectivity index (χ0n) is 4.51. The van der Waals surface area contributed by atoms with E-state index >= 15 is 0 Å². The molecule has 0 atom stereocenters. The molecule has 7 nitrogen and oxygen atoms in total. The Kier molecular flexibility index (Phi) is 1.14. The summed E-state index contributed by atoms with van der Waals surface area (Å²) >= 11 is 0. The summed E-state index contributed by atoms with van der Waals surface area (Å²) in [5, 5.41) is 33.5. The lowest BCUT2D eigenvalue weighted by molar-refractivity contribution is -0.464. The van der Waals surface area contributed by atoms with E-state index in [0.29, 0.717) is 0 Å². The molecular weight excluding hydrogens is 148 g/mol. The van der Waals surface area contributed by atoms with E-state index in [9.17, 15) is 4.79 Å². The number of hydrogen-bond donors (Lipinski definition) is 4. The molecule has 0 saturated carbocycles. The zero-order valence-corrected chi connectivity index (χ0v) is 4.51. The van der Waals surface area contributed by atoms with Gasteiger partial charge in [-0.2, -0.15) is 0 Å². The van der Waals surface area contributed by atoms with Crippen LogP contribution in [0.25, 0.3) is 0 Å². The summed E-state index contributed by atoms with van der Waals surface area (Å²) in [6.45, 7) is 0. The highest BCUT2D eigenvalue weighted by molar-refractivity contribution is 5.62. The standard InChI is InChI=1S/C3H4O7/c4-1-9-2(5,6)3(7,8)10-1/h5-8H. The second-order valence-electron chi connectivity index (χ2n) is 1.67. The number of hydrogen-bond acceptors (Lipinski definition) is 7. The minimum Gasteiger partial charge on any atom is -0.368 e. The fraction of sp³-hybridized carbons (Fsp3) is 0.667. The highest BCUT2D eigenvalue weighted by Crippen LogP contribution is 2.27. The summed E-state index contributed by atoms with van der Waals surface area (Å²) in [7, 11) is 0. The first-order valence-corrected chi connectivity index (χ1v) is 2.17. The Morgan fingerprint density at radius 3 is 1.40 bits per heavy atom. The van der Waals surface area contributed by atoms with Crippen LogP contribution in [0.5, 0.6) is 0 Å². The number of cyclic esters (lactones) is 2. The van der Waals surface area contributed by atoms with Crippen LogP contribution in [0.3, 0.4) is 0 Å². The van der Waals surface area contributed by atoms with Crippen molar-refractivity contribution in [3.05, 3.63) is 0 Å². The van der Waals surface area contributed by atoms with Gasteiger partial charge in [0.2, 0.25) is 0 Å². The smallest absolute Gasteiger partial charge is 0.368 e. The fourth-order valence-electron chi connectivity index (χ4n) is 0.386. The monoisotopic (exact) mass is 152 g/mol. The van der Waals surface area contributed by atoms with Gasteiger partial charge in [0.1, 0.15) is 0 Å². The van der Waals surface area contributed by atoms with Crippen LogP contribution in [0.1, 0.15) is 0 Å². The van der Waals surface area contributed by atoms with Crippen LogP contribution in [0.2, 0.25) is 0 Å². The van der Waals surface area contributed by atoms with E-state index in [1.165, 1.54) is 0 Å². The molecule has 1 heterocycles. The van der Waals surface area contributed by atoms with Gasteiger partial charge in [-0.25, -0.2) is 4.79 Å². The van der Waals surface area contributed by atoms with Gasteiger partial charge in [0.15, 0.2) is 0 Å². The van der Waals surface area contributed by atoms with Crippen molar-refractivity contribution in [1.29, 1.82) is 0 Å². The Labute approximate surface area is 54.0 Å². The molecule has 0 unspecified atom stereocenters. The molecule has 58 valence electrons. The van der Waals surface area contributed by atoms with Gasteiger partial charge in [-0.05, 0) is 0 Å². The summed E-state index contributed by atoms with van der Waals surface area (Å²) in [6.07, 6.45) is -1.57. The average molecular weight is 152 g/mol.